The topological polar surface area (TPSA) is 78.4 Å². The molecule has 0 fully saturated rings. The summed E-state index contributed by atoms with van der Waals surface area (Å²) in [7, 11) is 3.15. The van der Waals surface area contributed by atoms with Gasteiger partial charge in [0.05, 0.1) is 28.0 Å². The highest BCUT2D eigenvalue weighted by Crippen LogP contribution is 2.47. The summed E-state index contributed by atoms with van der Waals surface area (Å²) in [5, 5.41) is 11.2. The molecule has 7 heteroatoms. The van der Waals surface area contributed by atoms with E-state index in [0.29, 0.717) is 33.6 Å². The molecule has 0 saturated heterocycles. The number of ether oxygens (including phenoxy) is 1. The standard InChI is InChI=1S/C28H23N3O4/c1-16-12-14-17(15-13-16)23-22-24(29(2)28(34)30(3)27(22)33)25-26(18-8-4-6-10-20(18)32)35-21-11-7-5-9-19(21)31(23)25/h4-15,26,32H,1-3H3. The first-order valence-electron chi connectivity index (χ1n) is 11.3. The first kappa shape index (κ1) is 21.0. The Hall–Kier alpha value is -4.52. The van der Waals surface area contributed by atoms with Crippen molar-refractivity contribution in [2.45, 2.75) is 13.0 Å². The summed E-state index contributed by atoms with van der Waals surface area (Å²) >= 11 is 0. The van der Waals surface area contributed by atoms with E-state index in [9.17, 15) is 14.7 Å². The molecule has 0 radical (unpaired) electrons. The molecule has 0 bridgehead atoms. The van der Waals surface area contributed by atoms with Gasteiger partial charge in [0.2, 0.25) is 0 Å². The highest BCUT2D eigenvalue weighted by Gasteiger charge is 2.37. The summed E-state index contributed by atoms with van der Waals surface area (Å²) in [5.74, 6) is 0.687. The van der Waals surface area contributed by atoms with Crippen molar-refractivity contribution in [3.05, 3.63) is 110 Å². The number of nitrogens with zero attached hydrogens (tertiary/aromatic N) is 3. The second-order valence-corrected chi connectivity index (χ2v) is 8.89. The highest BCUT2D eigenvalue weighted by molar-refractivity contribution is 5.98. The minimum absolute atomic E-state index is 0.0727. The fourth-order valence-electron chi connectivity index (χ4n) is 5.02. The number of benzene rings is 3. The van der Waals surface area contributed by atoms with E-state index >= 15 is 0 Å². The molecule has 1 aliphatic rings. The van der Waals surface area contributed by atoms with Gasteiger partial charge in [0.25, 0.3) is 5.56 Å². The quantitative estimate of drug-likeness (QED) is 0.424. The van der Waals surface area contributed by atoms with E-state index in [-0.39, 0.29) is 11.3 Å². The summed E-state index contributed by atoms with van der Waals surface area (Å²) in [4.78, 5) is 26.7. The van der Waals surface area contributed by atoms with E-state index in [1.54, 1.807) is 25.2 Å². The van der Waals surface area contributed by atoms with Crippen LogP contribution in [0.4, 0.5) is 0 Å². The van der Waals surface area contributed by atoms with Crippen LogP contribution in [-0.4, -0.2) is 18.8 Å². The molecule has 35 heavy (non-hydrogen) atoms. The molecule has 0 amide bonds. The molecular formula is C28H23N3O4. The third kappa shape index (κ3) is 2.91. The van der Waals surface area contributed by atoms with Gasteiger partial charge in [0.1, 0.15) is 11.5 Å². The molecule has 0 spiro atoms. The lowest BCUT2D eigenvalue weighted by Gasteiger charge is -2.30. The maximum Gasteiger partial charge on any atom is 0.331 e. The van der Waals surface area contributed by atoms with Gasteiger partial charge in [0, 0.05) is 19.7 Å². The third-order valence-corrected chi connectivity index (χ3v) is 6.75. The summed E-state index contributed by atoms with van der Waals surface area (Å²) in [5.41, 5.74) is 4.22. The molecule has 5 aromatic rings. The van der Waals surface area contributed by atoms with E-state index in [4.69, 9.17) is 4.74 Å². The molecule has 3 aromatic carbocycles. The fourth-order valence-corrected chi connectivity index (χ4v) is 5.02. The zero-order valence-electron chi connectivity index (χ0n) is 19.5. The summed E-state index contributed by atoms with van der Waals surface area (Å²) in [6.07, 6.45) is -0.745. The minimum atomic E-state index is -0.745. The second kappa shape index (κ2) is 7.50. The Morgan fingerprint density at radius 1 is 0.857 bits per heavy atom. The lowest BCUT2D eigenvalue weighted by Crippen LogP contribution is -2.37. The fraction of sp³-hybridized carbons (Fsp3) is 0.143. The van der Waals surface area contributed by atoms with E-state index in [1.807, 2.05) is 66.1 Å². The molecule has 1 atom stereocenters. The zero-order valence-corrected chi connectivity index (χ0v) is 19.5. The molecule has 0 saturated carbocycles. The smallest absolute Gasteiger partial charge is 0.331 e. The normalized spacial score (nSPS) is 14.4. The van der Waals surface area contributed by atoms with Crippen LogP contribution in [0.2, 0.25) is 0 Å². The average molecular weight is 466 g/mol. The second-order valence-electron chi connectivity index (χ2n) is 8.89. The van der Waals surface area contributed by atoms with Crippen LogP contribution in [-0.2, 0) is 14.1 Å². The number of fused-ring (bicyclic) bond motifs is 5. The third-order valence-electron chi connectivity index (χ3n) is 6.75. The van der Waals surface area contributed by atoms with Crippen molar-refractivity contribution in [3.8, 4) is 28.4 Å². The van der Waals surface area contributed by atoms with Crippen molar-refractivity contribution in [2.75, 3.05) is 0 Å². The van der Waals surface area contributed by atoms with Gasteiger partial charge in [-0.2, -0.15) is 0 Å². The minimum Gasteiger partial charge on any atom is -0.508 e. The summed E-state index contributed by atoms with van der Waals surface area (Å²) in [6, 6.07) is 22.5. The van der Waals surface area contributed by atoms with Crippen LogP contribution >= 0.6 is 0 Å². The van der Waals surface area contributed by atoms with E-state index in [2.05, 4.69) is 0 Å². The van der Waals surface area contributed by atoms with Crippen molar-refractivity contribution in [1.29, 1.82) is 0 Å². The Balaban J connectivity index is 1.88. The first-order valence-corrected chi connectivity index (χ1v) is 11.3. The predicted octanol–water partition coefficient (Wildman–Crippen LogP) is 4.19. The zero-order chi connectivity index (χ0) is 24.4. The van der Waals surface area contributed by atoms with Crippen LogP contribution in [0.15, 0.2) is 82.4 Å². The van der Waals surface area contributed by atoms with Crippen LogP contribution in [0.1, 0.15) is 22.9 Å². The van der Waals surface area contributed by atoms with Crippen LogP contribution in [0.5, 0.6) is 11.5 Å². The number of aromatic nitrogens is 3. The number of hydrogen-bond donors (Lipinski definition) is 1. The Morgan fingerprint density at radius 3 is 2.29 bits per heavy atom. The van der Waals surface area contributed by atoms with Crippen LogP contribution < -0.4 is 16.0 Å². The Kier molecular flexibility index (Phi) is 4.51. The lowest BCUT2D eigenvalue weighted by molar-refractivity contribution is 0.224. The molecule has 7 nitrogen and oxygen atoms in total. The maximum absolute atomic E-state index is 13.6. The van der Waals surface area contributed by atoms with Gasteiger partial charge < -0.3 is 14.4 Å². The molecule has 2 aromatic heterocycles. The predicted molar refractivity (Wildman–Crippen MR) is 135 cm³/mol. The van der Waals surface area contributed by atoms with Gasteiger partial charge in [-0.3, -0.25) is 13.9 Å². The largest absolute Gasteiger partial charge is 0.508 e. The van der Waals surface area contributed by atoms with Crippen molar-refractivity contribution < 1.29 is 9.84 Å². The van der Waals surface area contributed by atoms with Gasteiger partial charge >= 0.3 is 5.69 Å². The maximum atomic E-state index is 13.6. The van der Waals surface area contributed by atoms with Crippen LogP contribution in [0.3, 0.4) is 0 Å². The molecule has 1 N–H and O–H groups in total. The van der Waals surface area contributed by atoms with Crippen molar-refractivity contribution >= 4 is 10.9 Å². The number of para-hydroxylation sites is 3. The number of aromatic hydroxyl groups is 1. The summed E-state index contributed by atoms with van der Waals surface area (Å²) < 4.78 is 11.1. The van der Waals surface area contributed by atoms with Crippen molar-refractivity contribution in [2.24, 2.45) is 14.1 Å². The molecule has 174 valence electrons. The molecule has 1 aliphatic heterocycles. The SMILES string of the molecule is Cc1ccc(-c2c3c(=O)n(C)c(=O)n(C)c3c3n2-c2ccccc2OC3c2ccccc2O)cc1. The first-order chi connectivity index (χ1) is 16.9. The van der Waals surface area contributed by atoms with Gasteiger partial charge in [-0.25, -0.2) is 4.79 Å². The highest BCUT2D eigenvalue weighted by atomic mass is 16.5. The van der Waals surface area contributed by atoms with Gasteiger partial charge in [-0.05, 0) is 30.7 Å². The van der Waals surface area contributed by atoms with E-state index in [0.717, 1.165) is 21.4 Å². The van der Waals surface area contributed by atoms with Gasteiger partial charge in [-0.15, -0.1) is 0 Å². The van der Waals surface area contributed by atoms with E-state index < -0.39 is 11.8 Å². The number of aryl methyl sites for hydroxylation is 2. The van der Waals surface area contributed by atoms with Gasteiger partial charge in [0.15, 0.2) is 6.10 Å². The van der Waals surface area contributed by atoms with Crippen molar-refractivity contribution in [3.63, 3.8) is 0 Å². The van der Waals surface area contributed by atoms with E-state index in [1.165, 1.54) is 11.6 Å². The Labute approximate surface area is 200 Å². The van der Waals surface area contributed by atoms with Crippen LogP contribution in [0, 0.1) is 6.92 Å². The molecule has 1 unspecified atom stereocenters. The van der Waals surface area contributed by atoms with Gasteiger partial charge in [-0.1, -0.05) is 60.2 Å². The Bertz CT molecular complexity index is 1760. The molecular weight excluding hydrogens is 442 g/mol. The molecule has 0 aliphatic carbocycles. The monoisotopic (exact) mass is 465 g/mol. The number of phenolic OH excluding ortho intramolecular Hbond substituents is 1. The Morgan fingerprint density at radius 2 is 1.54 bits per heavy atom. The van der Waals surface area contributed by atoms with Crippen molar-refractivity contribution in [1.82, 2.24) is 13.7 Å². The average Bonchev–Trinajstić information content (AvgIpc) is 3.23. The summed E-state index contributed by atoms with van der Waals surface area (Å²) in [6.45, 7) is 2.01. The number of rotatable bonds is 2. The van der Waals surface area contributed by atoms with Crippen LogP contribution in [0.25, 0.3) is 27.8 Å². The molecule has 3 heterocycles. The molecule has 6 rings (SSSR count). The number of phenols is 1. The lowest BCUT2D eigenvalue weighted by atomic mass is 10.0. The number of hydrogen-bond acceptors (Lipinski definition) is 4.